The van der Waals surface area contributed by atoms with E-state index in [1.165, 1.54) is 7.11 Å². The maximum atomic E-state index is 12.5. The van der Waals surface area contributed by atoms with Gasteiger partial charge < -0.3 is 24.3 Å². The molecule has 1 amide bonds. The van der Waals surface area contributed by atoms with Crippen molar-refractivity contribution < 1.29 is 23.7 Å². The van der Waals surface area contributed by atoms with E-state index in [9.17, 15) is 4.79 Å². The van der Waals surface area contributed by atoms with Crippen LogP contribution in [0.4, 0.5) is 5.69 Å². The van der Waals surface area contributed by atoms with E-state index in [0.29, 0.717) is 34.2 Å². The molecule has 1 N–H and O–H groups in total. The van der Waals surface area contributed by atoms with Crippen molar-refractivity contribution in [1.29, 1.82) is 0 Å². The highest BCUT2D eigenvalue weighted by Gasteiger charge is 2.11. The van der Waals surface area contributed by atoms with Gasteiger partial charge in [-0.05, 0) is 60.7 Å². The van der Waals surface area contributed by atoms with Crippen molar-refractivity contribution in [1.82, 2.24) is 0 Å². The Morgan fingerprint density at radius 3 is 1.79 bits per heavy atom. The van der Waals surface area contributed by atoms with Crippen molar-refractivity contribution in [2.45, 2.75) is 0 Å². The van der Waals surface area contributed by atoms with E-state index in [-0.39, 0.29) is 5.91 Å². The summed E-state index contributed by atoms with van der Waals surface area (Å²) in [5, 5.41) is 2.84. The molecule has 0 saturated heterocycles. The molecular weight excluding hydrogens is 358 g/mol. The Morgan fingerprint density at radius 2 is 1.21 bits per heavy atom. The number of hydrogen-bond donors (Lipinski definition) is 1. The number of carbonyl (C=O) groups is 1. The van der Waals surface area contributed by atoms with Crippen molar-refractivity contribution in [3.8, 4) is 28.7 Å². The van der Waals surface area contributed by atoms with Gasteiger partial charge in [0.15, 0.2) is 0 Å². The maximum Gasteiger partial charge on any atom is 0.255 e. The summed E-state index contributed by atoms with van der Waals surface area (Å²) in [6.07, 6.45) is 0. The molecule has 0 aliphatic carbocycles. The fourth-order valence-corrected chi connectivity index (χ4v) is 2.55. The Morgan fingerprint density at radius 1 is 0.679 bits per heavy atom. The predicted octanol–water partition coefficient (Wildman–Crippen LogP) is 4.76. The first-order valence-corrected chi connectivity index (χ1v) is 8.58. The standard InChI is InChI=1S/C22H21NO5/c1-25-16-8-10-18(11-9-16)28-17-6-4-15(5-7-17)22(24)23-20-13-12-19(26-2)14-21(20)27-3/h4-14H,1-3H3,(H,23,24). The van der Waals surface area contributed by atoms with Gasteiger partial charge in [0.1, 0.15) is 28.7 Å². The SMILES string of the molecule is COc1ccc(Oc2ccc(C(=O)Nc3ccc(OC)cc3OC)cc2)cc1. The highest BCUT2D eigenvalue weighted by Crippen LogP contribution is 2.30. The quantitative estimate of drug-likeness (QED) is 0.641. The number of amides is 1. The van der Waals surface area contributed by atoms with E-state index in [1.54, 1.807) is 56.7 Å². The van der Waals surface area contributed by atoms with E-state index >= 15 is 0 Å². The molecule has 0 aliphatic heterocycles. The van der Waals surface area contributed by atoms with Crippen LogP contribution in [0.3, 0.4) is 0 Å². The minimum atomic E-state index is -0.250. The van der Waals surface area contributed by atoms with Crippen molar-refractivity contribution in [3.05, 3.63) is 72.3 Å². The van der Waals surface area contributed by atoms with Crippen LogP contribution in [0.2, 0.25) is 0 Å². The van der Waals surface area contributed by atoms with E-state index in [1.807, 2.05) is 24.3 Å². The van der Waals surface area contributed by atoms with Gasteiger partial charge in [-0.3, -0.25) is 4.79 Å². The lowest BCUT2D eigenvalue weighted by atomic mass is 10.2. The van der Waals surface area contributed by atoms with Crippen LogP contribution in [0, 0.1) is 0 Å². The van der Waals surface area contributed by atoms with Crippen LogP contribution in [0.25, 0.3) is 0 Å². The average Bonchev–Trinajstić information content (AvgIpc) is 2.75. The molecule has 0 spiro atoms. The molecular formula is C22H21NO5. The topological polar surface area (TPSA) is 66.0 Å². The number of carbonyl (C=O) groups excluding carboxylic acids is 1. The van der Waals surface area contributed by atoms with Gasteiger partial charge in [-0.15, -0.1) is 0 Å². The Kier molecular flexibility index (Phi) is 6.01. The molecule has 0 heterocycles. The van der Waals surface area contributed by atoms with Crippen LogP contribution in [-0.2, 0) is 0 Å². The normalized spacial score (nSPS) is 10.1. The maximum absolute atomic E-state index is 12.5. The summed E-state index contributed by atoms with van der Waals surface area (Å²) in [5.74, 6) is 2.99. The van der Waals surface area contributed by atoms with Crippen LogP contribution in [0.5, 0.6) is 28.7 Å². The first-order valence-electron chi connectivity index (χ1n) is 8.58. The molecule has 0 aliphatic rings. The van der Waals surface area contributed by atoms with E-state index in [0.717, 1.165) is 5.75 Å². The van der Waals surface area contributed by atoms with Crippen LogP contribution >= 0.6 is 0 Å². The van der Waals surface area contributed by atoms with Crippen LogP contribution < -0.4 is 24.3 Å². The summed E-state index contributed by atoms with van der Waals surface area (Å²) in [7, 11) is 4.72. The number of anilines is 1. The Bertz CT molecular complexity index is 936. The summed E-state index contributed by atoms with van der Waals surface area (Å²) in [4.78, 5) is 12.5. The third-order valence-electron chi connectivity index (χ3n) is 4.07. The molecule has 0 fully saturated rings. The highest BCUT2D eigenvalue weighted by atomic mass is 16.5. The molecule has 3 aromatic carbocycles. The van der Waals surface area contributed by atoms with Crippen LogP contribution in [0.15, 0.2) is 66.7 Å². The van der Waals surface area contributed by atoms with Gasteiger partial charge in [-0.25, -0.2) is 0 Å². The largest absolute Gasteiger partial charge is 0.497 e. The Balaban J connectivity index is 1.68. The minimum absolute atomic E-state index is 0.250. The highest BCUT2D eigenvalue weighted by molar-refractivity contribution is 6.05. The molecule has 28 heavy (non-hydrogen) atoms. The fraction of sp³-hybridized carbons (Fsp3) is 0.136. The van der Waals surface area contributed by atoms with Gasteiger partial charge in [-0.2, -0.15) is 0 Å². The van der Waals surface area contributed by atoms with E-state index in [4.69, 9.17) is 18.9 Å². The number of rotatable bonds is 7. The van der Waals surface area contributed by atoms with E-state index in [2.05, 4.69) is 5.32 Å². The van der Waals surface area contributed by atoms with Crippen LogP contribution in [0.1, 0.15) is 10.4 Å². The number of methoxy groups -OCH3 is 3. The second kappa shape index (κ2) is 8.81. The molecule has 6 nitrogen and oxygen atoms in total. The molecule has 3 rings (SSSR count). The second-order valence-corrected chi connectivity index (χ2v) is 5.82. The van der Waals surface area contributed by atoms with Gasteiger partial charge in [0.2, 0.25) is 0 Å². The van der Waals surface area contributed by atoms with E-state index < -0.39 is 0 Å². The zero-order valence-electron chi connectivity index (χ0n) is 15.9. The van der Waals surface area contributed by atoms with Crippen molar-refractivity contribution in [2.24, 2.45) is 0 Å². The summed E-state index contributed by atoms with van der Waals surface area (Å²) in [5.41, 5.74) is 1.06. The van der Waals surface area contributed by atoms with Gasteiger partial charge in [0, 0.05) is 11.6 Å². The molecule has 0 radical (unpaired) electrons. The Hall–Kier alpha value is -3.67. The zero-order chi connectivity index (χ0) is 19.9. The lowest BCUT2D eigenvalue weighted by Gasteiger charge is -2.12. The first kappa shape index (κ1) is 19.1. The molecule has 0 saturated carbocycles. The monoisotopic (exact) mass is 379 g/mol. The predicted molar refractivity (Wildman–Crippen MR) is 107 cm³/mol. The smallest absolute Gasteiger partial charge is 0.255 e. The van der Waals surface area contributed by atoms with Crippen LogP contribution in [-0.4, -0.2) is 27.2 Å². The summed E-state index contributed by atoms with van der Waals surface area (Å²) in [6.45, 7) is 0. The Labute approximate surface area is 163 Å². The van der Waals surface area contributed by atoms with Crippen molar-refractivity contribution in [3.63, 3.8) is 0 Å². The lowest BCUT2D eigenvalue weighted by molar-refractivity contribution is 0.102. The van der Waals surface area contributed by atoms with Gasteiger partial charge in [-0.1, -0.05) is 0 Å². The molecule has 0 atom stereocenters. The average molecular weight is 379 g/mol. The molecule has 0 bridgehead atoms. The first-order chi connectivity index (χ1) is 13.6. The molecule has 6 heteroatoms. The number of nitrogens with one attached hydrogen (secondary N) is 1. The van der Waals surface area contributed by atoms with Gasteiger partial charge in [0.05, 0.1) is 27.0 Å². The second-order valence-electron chi connectivity index (χ2n) is 5.82. The third kappa shape index (κ3) is 4.54. The van der Waals surface area contributed by atoms with Gasteiger partial charge >= 0.3 is 0 Å². The molecule has 3 aromatic rings. The number of benzene rings is 3. The zero-order valence-corrected chi connectivity index (χ0v) is 15.9. The minimum Gasteiger partial charge on any atom is -0.497 e. The lowest BCUT2D eigenvalue weighted by Crippen LogP contribution is -2.12. The molecule has 0 unspecified atom stereocenters. The number of hydrogen-bond acceptors (Lipinski definition) is 5. The third-order valence-corrected chi connectivity index (χ3v) is 4.07. The van der Waals surface area contributed by atoms with Crippen molar-refractivity contribution >= 4 is 11.6 Å². The fourth-order valence-electron chi connectivity index (χ4n) is 2.55. The molecule has 144 valence electrons. The summed E-state index contributed by atoms with van der Waals surface area (Å²) >= 11 is 0. The van der Waals surface area contributed by atoms with Crippen molar-refractivity contribution in [2.75, 3.05) is 26.6 Å². The molecule has 0 aromatic heterocycles. The summed E-state index contributed by atoms with van der Waals surface area (Å²) < 4.78 is 21.4. The number of ether oxygens (including phenoxy) is 4. The van der Waals surface area contributed by atoms with Gasteiger partial charge in [0.25, 0.3) is 5.91 Å². The summed E-state index contributed by atoms with van der Waals surface area (Å²) in [6, 6.07) is 19.3.